The first kappa shape index (κ1) is 12.6. The van der Waals surface area contributed by atoms with Crippen molar-refractivity contribution in [3.8, 4) is 0 Å². The molecule has 1 saturated carbocycles. The van der Waals surface area contributed by atoms with Gasteiger partial charge in [-0.05, 0) is 55.3 Å². The molecule has 2 atom stereocenters. The van der Waals surface area contributed by atoms with E-state index in [1.54, 1.807) is 0 Å². The lowest BCUT2D eigenvalue weighted by Gasteiger charge is -2.52. The summed E-state index contributed by atoms with van der Waals surface area (Å²) >= 11 is 0. The van der Waals surface area contributed by atoms with Crippen LogP contribution in [0.2, 0.25) is 0 Å². The molecule has 1 aromatic carbocycles. The Morgan fingerprint density at radius 2 is 1.76 bits per heavy atom. The number of aryl methyl sites for hydroxylation is 2. The van der Waals surface area contributed by atoms with Gasteiger partial charge in [-0.15, -0.1) is 0 Å². The average molecular weight is 235 g/mol. The number of rotatable bonds is 2. The van der Waals surface area contributed by atoms with E-state index in [1.807, 2.05) is 33.0 Å². The summed E-state index contributed by atoms with van der Waals surface area (Å²) in [5, 5.41) is 3.36. The predicted octanol–water partition coefficient (Wildman–Crippen LogP) is 3.54. The fourth-order valence-corrected chi connectivity index (χ4v) is 3.16. The Balaban J connectivity index is 2.32. The first-order chi connectivity index (χ1) is 7.87. The maximum Gasteiger partial charge on any atom is 0.129 e. The Labute approximate surface area is 103 Å². The zero-order chi connectivity index (χ0) is 12.8. The highest BCUT2D eigenvalue weighted by Gasteiger charge is 2.47. The normalized spacial score (nSPS) is 26.7. The summed E-state index contributed by atoms with van der Waals surface area (Å²) in [7, 11) is 2.02. The van der Waals surface area contributed by atoms with Crippen molar-refractivity contribution >= 4 is 0 Å². The highest BCUT2D eigenvalue weighted by atomic mass is 19.1. The highest BCUT2D eigenvalue weighted by Crippen LogP contribution is 2.52. The number of benzene rings is 1. The van der Waals surface area contributed by atoms with Crippen molar-refractivity contribution in [3.63, 3.8) is 0 Å². The number of nitrogens with one attached hydrogen (secondary N) is 1. The van der Waals surface area contributed by atoms with Crippen LogP contribution in [0.4, 0.5) is 4.39 Å². The summed E-state index contributed by atoms with van der Waals surface area (Å²) in [4.78, 5) is 0. The minimum absolute atomic E-state index is 0.0592. The lowest BCUT2D eigenvalue weighted by molar-refractivity contribution is 0.0750. The summed E-state index contributed by atoms with van der Waals surface area (Å²) in [6.07, 6.45) is 1.15. The Bertz CT molecular complexity index is 414. The highest BCUT2D eigenvalue weighted by molar-refractivity contribution is 5.36. The molecule has 1 aliphatic rings. The molecule has 17 heavy (non-hydrogen) atoms. The monoisotopic (exact) mass is 235 g/mol. The van der Waals surface area contributed by atoms with E-state index in [0.29, 0.717) is 12.0 Å². The molecule has 1 fully saturated rings. The van der Waals surface area contributed by atoms with E-state index in [9.17, 15) is 4.39 Å². The van der Waals surface area contributed by atoms with Crippen molar-refractivity contribution in [1.29, 1.82) is 0 Å². The lowest BCUT2D eigenvalue weighted by atomic mass is 9.56. The second kappa shape index (κ2) is 4.09. The largest absolute Gasteiger partial charge is 0.316 e. The molecule has 0 saturated heterocycles. The molecule has 0 heterocycles. The summed E-state index contributed by atoms with van der Waals surface area (Å²) in [5.41, 5.74) is 3.08. The van der Waals surface area contributed by atoms with Gasteiger partial charge in [0, 0.05) is 6.04 Å². The van der Waals surface area contributed by atoms with Crippen molar-refractivity contribution in [2.75, 3.05) is 7.05 Å². The molecule has 2 unspecified atom stereocenters. The maximum absolute atomic E-state index is 13.6. The van der Waals surface area contributed by atoms with E-state index in [-0.39, 0.29) is 11.2 Å². The van der Waals surface area contributed by atoms with E-state index in [0.717, 1.165) is 17.5 Å². The van der Waals surface area contributed by atoms with Gasteiger partial charge in [-0.2, -0.15) is 0 Å². The van der Waals surface area contributed by atoms with Crippen molar-refractivity contribution in [1.82, 2.24) is 5.32 Å². The summed E-state index contributed by atoms with van der Waals surface area (Å²) in [5.74, 6) is 0.481. The van der Waals surface area contributed by atoms with Crippen LogP contribution in [0.1, 0.15) is 42.9 Å². The van der Waals surface area contributed by atoms with E-state index >= 15 is 0 Å². The first-order valence-corrected chi connectivity index (χ1v) is 6.31. The van der Waals surface area contributed by atoms with Crippen LogP contribution in [0.15, 0.2) is 12.1 Å². The molecule has 94 valence electrons. The molecule has 0 bridgehead atoms. The zero-order valence-corrected chi connectivity index (χ0v) is 11.4. The van der Waals surface area contributed by atoms with Gasteiger partial charge in [-0.3, -0.25) is 0 Å². The molecule has 0 aliphatic heterocycles. The average Bonchev–Trinajstić information content (AvgIpc) is 2.25. The van der Waals surface area contributed by atoms with Crippen LogP contribution >= 0.6 is 0 Å². The number of hydrogen-bond acceptors (Lipinski definition) is 1. The molecule has 1 nitrogen and oxygen atoms in total. The molecule has 2 heteroatoms. The van der Waals surface area contributed by atoms with Crippen LogP contribution in [-0.2, 0) is 0 Å². The summed E-state index contributed by atoms with van der Waals surface area (Å²) in [6.45, 7) is 8.28. The Morgan fingerprint density at radius 1 is 1.24 bits per heavy atom. The van der Waals surface area contributed by atoms with Gasteiger partial charge in [0.1, 0.15) is 5.82 Å². The third kappa shape index (κ3) is 1.89. The lowest BCUT2D eigenvalue weighted by Crippen LogP contribution is -2.54. The SMILES string of the molecule is CNC1CC(c2cc(C)c(F)c(C)c2)C1(C)C. The van der Waals surface area contributed by atoms with Crippen molar-refractivity contribution < 1.29 is 4.39 Å². The van der Waals surface area contributed by atoms with E-state index < -0.39 is 0 Å². The minimum Gasteiger partial charge on any atom is -0.316 e. The molecule has 0 aromatic heterocycles. The zero-order valence-electron chi connectivity index (χ0n) is 11.4. The van der Waals surface area contributed by atoms with Crippen LogP contribution in [0.3, 0.4) is 0 Å². The number of halogens is 1. The van der Waals surface area contributed by atoms with Gasteiger partial charge in [0.25, 0.3) is 0 Å². The molecule has 1 aromatic rings. The minimum atomic E-state index is -0.0592. The Hall–Kier alpha value is -0.890. The Kier molecular flexibility index (Phi) is 3.03. The molecular weight excluding hydrogens is 213 g/mol. The smallest absolute Gasteiger partial charge is 0.129 e. The first-order valence-electron chi connectivity index (χ1n) is 6.31. The van der Waals surface area contributed by atoms with Crippen LogP contribution in [0.25, 0.3) is 0 Å². The van der Waals surface area contributed by atoms with E-state index in [4.69, 9.17) is 0 Å². The van der Waals surface area contributed by atoms with E-state index in [2.05, 4.69) is 19.2 Å². The molecular formula is C15H22FN. The summed E-state index contributed by atoms with van der Waals surface area (Å²) in [6, 6.07) is 4.60. The molecule has 1 N–H and O–H groups in total. The predicted molar refractivity (Wildman–Crippen MR) is 69.9 cm³/mol. The van der Waals surface area contributed by atoms with Gasteiger partial charge in [0.15, 0.2) is 0 Å². The van der Waals surface area contributed by atoms with Gasteiger partial charge in [-0.25, -0.2) is 4.39 Å². The van der Waals surface area contributed by atoms with Crippen molar-refractivity contribution in [2.24, 2.45) is 5.41 Å². The molecule has 0 radical (unpaired) electrons. The standard InChI is InChI=1S/C15H22FN/c1-9-6-11(7-10(2)14(9)16)12-8-13(17-5)15(12,3)4/h6-7,12-13,17H,8H2,1-5H3. The molecule has 0 amide bonds. The van der Waals surface area contributed by atoms with Gasteiger partial charge in [0.05, 0.1) is 0 Å². The fourth-order valence-electron chi connectivity index (χ4n) is 3.16. The molecule has 1 aliphatic carbocycles. The second-order valence-electron chi connectivity index (χ2n) is 5.92. The Morgan fingerprint density at radius 3 is 2.18 bits per heavy atom. The fraction of sp³-hybridized carbons (Fsp3) is 0.600. The maximum atomic E-state index is 13.6. The molecule has 2 rings (SSSR count). The second-order valence-corrected chi connectivity index (χ2v) is 5.92. The van der Waals surface area contributed by atoms with Crippen molar-refractivity contribution in [3.05, 3.63) is 34.6 Å². The van der Waals surface area contributed by atoms with E-state index in [1.165, 1.54) is 5.56 Å². The van der Waals surface area contributed by atoms with Gasteiger partial charge in [-0.1, -0.05) is 26.0 Å². The number of hydrogen-bond donors (Lipinski definition) is 1. The van der Waals surface area contributed by atoms with Crippen LogP contribution < -0.4 is 5.32 Å². The van der Waals surface area contributed by atoms with Gasteiger partial charge >= 0.3 is 0 Å². The molecule has 0 spiro atoms. The van der Waals surface area contributed by atoms with Crippen molar-refractivity contribution in [2.45, 2.75) is 46.1 Å². The van der Waals surface area contributed by atoms with Crippen LogP contribution in [-0.4, -0.2) is 13.1 Å². The quantitative estimate of drug-likeness (QED) is 0.826. The van der Waals surface area contributed by atoms with Gasteiger partial charge in [0.2, 0.25) is 0 Å². The summed E-state index contributed by atoms with van der Waals surface area (Å²) < 4.78 is 13.6. The topological polar surface area (TPSA) is 12.0 Å². The van der Waals surface area contributed by atoms with Crippen LogP contribution in [0.5, 0.6) is 0 Å². The van der Waals surface area contributed by atoms with Gasteiger partial charge < -0.3 is 5.32 Å². The third-order valence-corrected chi connectivity index (χ3v) is 4.48. The third-order valence-electron chi connectivity index (χ3n) is 4.48. The van der Waals surface area contributed by atoms with Crippen LogP contribution in [0, 0.1) is 25.1 Å².